The maximum Gasteiger partial charge on any atom is 0.255 e. The standard InChI is InChI=1S/C24H31ClN6O3/c1-30(23-16(14-26)6-4-8-28-23)9-5-10-31-11-7-20(22(15-31)34-3)29-24(32)17-12-18(25)19(27)13-21(17)33-2/h4,6,8,12-13,20,22H,5,7,9-11,15,27H2,1-3H3,(H,29,32)/t20-,22+/m1/s1. The molecule has 2 aromatic rings. The number of nitrogen functional groups attached to an aromatic ring is 1. The number of nitriles is 1. The van der Waals surface area contributed by atoms with Crippen LogP contribution in [0.5, 0.6) is 5.75 Å². The van der Waals surface area contributed by atoms with Gasteiger partial charge in [0.05, 0.1) is 41.1 Å². The molecular weight excluding hydrogens is 456 g/mol. The van der Waals surface area contributed by atoms with Gasteiger partial charge in [-0.3, -0.25) is 4.79 Å². The van der Waals surface area contributed by atoms with Crippen molar-refractivity contribution >= 4 is 29.0 Å². The second-order valence-electron chi connectivity index (χ2n) is 8.28. The molecule has 2 atom stereocenters. The van der Waals surface area contributed by atoms with Gasteiger partial charge in [-0.15, -0.1) is 0 Å². The molecule has 9 nitrogen and oxygen atoms in total. The first kappa shape index (κ1) is 25.6. The van der Waals surface area contributed by atoms with E-state index in [9.17, 15) is 10.1 Å². The Balaban J connectivity index is 1.53. The Morgan fingerprint density at radius 3 is 2.94 bits per heavy atom. The lowest BCUT2D eigenvalue weighted by Gasteiger charge is -2.38. The lowest BCUT2D eigenvalue weighted by molar-refractivity contribution is 0.00629. The van der Waals surface area contributed by atoms with E-state index in [1.807, 2.05) is 11.9 Å². The molecule has 1 fully saturated rings. The largest absolute Gasteiger partial charge is 0.496 e. The first-order valence-corrected chi connectivity index (χ1v) is 11.5. The van der Waals surface area contributed by atoms with Gasteiger partial charge in [0.25, 0.3) is 5.91 Å². The minimum atomic E-state index is -0.274. The van der Waals surface area contributed by atoms with Crippen molar-refractivity contribution in [2.24, 2.45) is 0 Å². The third-order valence-electron chi connectivity index (χ3n) is 6.06. The highest BCUT2D eigenvalue weighted by Gasteiger charge is 2.31. The predicted octanol–water partition coefficient (Wildman–Crippen LogP) is 2.54. The number of hydrogen-bond acceptors (Lipinski definition) is 8. The lowest BCUT2D eigenvalue weighted by atomic mass is 10.0. The Bertz CT molecular complexity index is 1040. The van der Waals surface area contributed by atoms with E-state index in [2.05, 4.69) is 21.3 Å². The van der Waals surface area contributed by atoms with Gasteiger partial charge in [-0.2, -0.15) is 5.26 Å². The number of hydrogen-bond donors (Lipinski definition) is 2. The third-order valence-corrected chi connectivity index (χ3v) is 6.39. The number of nitrogens with one attached hydrogen (secondary N) is 1. The number of carbonyl (C=O) groups is 1. The molecule has 1 aromatic carbocycles. The van der Waals surface area contributed by atoms with Crippen molar-refractivity contribution in [2.45, 2.75) is 25.0 Å². The van der Waals surface area contributed by atoms with Crippen molar-refractivity contribution in [3.63, 3.8) is 0 Å². The van der Waals surface area contributed by atoms with E-state index in [1.165, 1.54) is 13.2 Å². The fourth-order valence-electron chi connectivity index (χ4n) is 4.17. The van der Waals surface area contributed by atoms with E-state index in [0.717, 1.165) is 32.5 Å². The molecule has 3 N–H and O–H groups in total. The normalized spacial score (nSPS) is 18.2. The Hall–Kier alpha value is -3.06. The minimum absolute atomic E-state index is 0.135. The molecule has 34 heavy (non-hydrogen) atoms. The number of amides is 1. The molecule has 0 aliphatic carbocycles. The molecule has 1 aromatic heterocycles. The van der Waals surface area contributed by atoms with Gasteiger partial charge in [0.1, 0.15) is 17.6 Å². The fraction of sp³-hybridized carbons (Fsp3) is 0.458. The van der Waals surface area contributed by atoms with Crippen LogP contribution >= 0.6 is 11.6 Å². The molecule has 0 saturated carbocycles. The van der Waals surface area contributed by atoms with Crippen LogP contribution in [0.2, 0.25) is 5.02 Å². The number of nitrogens with two attached hydrogens (primary N) is 1. The Kier molecular flexibility index (Phi) is 8.93. The smallest absolute Gasteiger partial charge is 0.255 e. The van der Waals surface area contributed by atoms with Crippen LogP contribution in [0.4, 0.5) is 11.5 Å². The van der Waals surface area contributed by atoms with Crippen molar-refractivity contribution in [1.29, 1.82) is 5.26 Å². The van der Waals surface area contributed by atoms with E-state index in [0.29, 0.717) is 39.9 Å². The van der Waals surface area contributed by atoms with Crippen LogP contribution in [0, 0.1) is 11.3 Å². The molecule has 182 valence electrons. The summed E-state index contributed by atoms with van der Waals surface area (Å²) in [6.07, 6.45) is 3.21. The first-order chi connectivity index (χ1) is 16.4. The molecule has 1 aliphatic heterocycles. The number of rotatable bonds is 9. The number of aromatic nitrogens is 1. The second-order valence-corrected chi connectivity index (χ2v) is 8.69. The maximum absolute atomic E-state index is 12.9. The van der Waals surface area contributed by atoms with E-state index < -0.39 is 0 Å². The van der Waals surface area contributed by atoms with Crippen molar-refractivity contribution in [2.75, 3.05) is 58.1 Å². The Morgan fingerprint density at radius 1 is 1.44 bits per heavy atom. The number of nitrogens with zero attached hydrogens (tertiary/aromatic N) is 4. The molecule has 0 unspecified atom stereocenters. The maximum atomic E-state index is 12.9. The number of benzene rings is 1. The third kappa shape index (κ3) is 6.08. The SMILES string of the molecule is COc1cc(N)c(Cl)cc1C(=O)N[C@@H]1CCN(CCCN(C)c2ncccc2C#N)C[C@@H]1OC. The summed E-state index contributed by atoms with van der Waals surface area (Å²) in [7, 11) is 5.09. The van der Waals surface area contributed by atoms with Gasteiger partial charge in [0, 0.05) is 46.1 Å². The summed E-state index contributed by atoms with van der Waals surface area (Å²) in [5, 5.41) is 12.7. The molecule has 0 bridgehead atoms. The van der Waals surface area contributed by atoms with Crippen LogP contribution in [0.25, 0.3) is 0 Å². The summed E-state index contributed by atoms with van der Waals surface area (Å²) >= 11 is 6.12. The summed E-state index contributed by atoms with van der Waals surface area (Å²) in [6.45, 7) is 3.19. The van der Waals surface area contributed by atoms with E-state index in [4.69, 9.17) is 26.8 Å². The second kappa shape index (κ2) is 11.9. The van der Waals surface area contributed by atoms with Crippen LogP contribution in [-0.2, 0) is 4.74 Å². The highest BCUT2D eigenvalue weighted by atomic mass is 35.5. The van der Waals surface area contributed by atoms with Crippen LogP contribution in [-0.4, -0.2) is 75.4 Å². The highest BCUT2D eigenvalue weighted by Crippen LogP contribution is 2.29. The molecule has 1 aliphatic rings. The van der Waals surface area contributed by atoms with Gasteiger partial charge in [-0.25, -0.2) is 4.98 Å². The molecule has 1 amide bonds. The van der Waals surface area contributed by atoms with Crippen LogP contribution in [0.1, 0.15) is 28.8 Å². The van der Waals surface area contributed by atoms with E-state index >= 15 is 0 Å². The molecule has 10 heteroatoms. The van der Waals surface area contributed by atoms with Crippen molar-refractivity contribution in [1.82, 2.24) is 15.2 Å². The van der Waals surface area contributed by atoms with Crippen molar-refractivity contribution in [3.8, 4) is 11.8 Å². The van der Waals surface area contributed by atoms with Gasteiger partial charge in [-0.1, -0.05) is 11.6 Å². The summed E-state index contributed by atoms with van der Waals surface area (Å²) in [4.78, 5) is 21.6. The average Bonchev–Trinajstić information content (AvgIpc) is 2.85. The van der Waals surface area contributed by atoms with Crippen LogP contribution < -0.4 is 20.7 Å². The minimum Gasteiger partial charge on any atom is -0.496 e. The summed E-state index contributed by atoms with van der Waals surface area (Å²) < 4.78 is 11.0. The number of ether oxygens (including phenoxy) is 2. The van der Waals surface area contributed by atoms with E-state index in [1.54, 1.807) is 31.5 Å². The van der Waals surface area contributed by atoms with Gasteiger partial charge in [0.2, 0.25) is 0 Å². The molecule has 2 heterocycles. The topological polar surface area (TPSA) is 117 Å². The lowest BCUT2D eigenvalue weighted by Crippen LogP contribution is -2.55. The molecule has 0 radical (unpaired) electrons. The van der Waals surface area contributed by atoms with Gasteiger partial charge in [-0.05, 0) is 37.6 Å². The zero-order valence-corrected chi connectivity index (χ0v) is 20.5. The van der Waals surface area contributed by atoms with Crippen molar-refractivity contribution < 1.29 is 14.3 Å². The first-order valence-electron chi connectivity index (χ1n) is 11.1. The summed E-state index contributed by atoms with van der Waals surface area (Å²) in [5.41, 5.74) is 7.09. The fourth-order valence-corrected chi connectivity index (χ4v) is 4.34. The Labute approximate surface area is 205 Å². The summed E-state index contributed by atoms with van der Waals surface area (Å²) in [6, 6.07) is 8.67. The van der Waals surface area contributed by atoms with Crippen LogP contribution in [0.15, 0.2) is 30.5 Å². The van der Waals surface area contributed by atoms with Crippen LogP contribution in [0.3, 0.4) is 0 Å². The number of piperidine rings is 1. The van der Waals surface area contributed by atoms with Gasteiger partial charge in [0.15, 0.2) is 0 Å². The monoisotopic (exact) mass is 486 g/mol. The number of carbonyl (C=O) groups excluding carboxylic acids is 1. The Morgan fingerprint density at radius 2 is 2.24 bits per heavy atom. The number of pyridine rings is 1. The zero-order chi connectivity index (χ0) is 24.7. The zero-order valence-electron chi connectivity index (χ0n) is 19.8. The predicted molar refractivity (Wildman–Crippen MR) is 132 cm³/mol. The molecule has 0 spiro atoms. The highest BCUT2D eigenvalue weighted by molar-refractivity contribution is 6.33. The average molecular weight is 487 g/mol. The number of likely N-dealkylation sites (tertiary alicyclic amines) is 1. The molecular formula is C24H31ClN6O3. The number of halogens is 1. The van der Waals surface area contributed by atoms with Crippen molar-refractivity contribution in [3.05, 3.63) is 46.6 Å². The van der Waals surface area contributed by atoms with Gasteiger partial charge < -0.3 is 30.3 Å². The molecule has 3 rings (SSSR count). The number of methoxy groups -OCH3 is 2. The van der Waals surface area contributed by atoms with E-state index in [-0.39, 0.29) is 18.1 Å². The van der Waals surface area contributed by atoms with Gasteiger partial charge >= 0.3 is 0 Å². The quantitative estimate of drug-likeness (QED) is 0.519. The molecule has 1 saturated heterocycles. The number of anilines is 2. The summed E-state index contributed by atoms with van der Waals surface area (Å²) in [5.74, 6) is 0.798.